The van der Waals surface area contributed by atoms with Gasteiger partial charge in [-0.25, -0.2) is 9.48 Å². The van der Waals surface area contributed by atoms with Crippen molar-refractivity contribution >= 4 is 22.8 Å². The summed E-state index contributed by atoms with van der Waals surface area (Å²) in [5, 5.41) is 10.8. The average molecular weight is 419 g/mol. The first kappa shape index (κ1) is 20.0. The second-order valence-electron chi connectivity index (χ2n) is 7.08. The van der Waals surface area contributed by atoms with E-state index in [0.717, 1.165) is 12.1 Å². The van der Waals surface area contributed by atoms with Gasteiger partial charge in [0.15, 0.2) is 0 Å². The molecule has 3 aromatic rings. The highest BCUT2D eigenvalue weighted by atomic mass is 19.4. The van der Waals surface area contributed by atoms with Crippen LogP contribution in [-0.2, 0) is 6.18 Å². The number of urea groups is 1. The summed E-state index contributed by atoms with van der Waals surface area (Å²) >= 11 is 0. The number of anilines is 1. The third kappa shape index (κ3) is 3.89. The molecule has 1 aliphatic heterocycles. The van der Waals surface area contributed by atoms with Crippen molar-refractivity contribution in [3.8, 4) is 5.75 Å². The fourth-order valence-electron chi connectivity index (χ4n) is 3.64. The van der Waals surface area contributed by atoms with Crippen LogP contribution in [0.1, 0.15) is 24.4 Å². The number of likely N-dealkylation sites (tertiary alicyclic amines) is 1. The van der Waals surface area contributed by atoms with Crippen LogP contribution in [0.15, 0.2) is 42.5 Å². The summed E-state index contributed by atoms with van der Waals surface area (Å²) in [5.41, 5.74) is 0.612. The molecule has 2 amide bonds. The van der Waals surface area contributed by atoms with Crippen LogP contribution in [0.3, 0.4) is 0 Å². The predicted octanol–water partition coefficient (Wildman–Crippen LogP) is 4.33. The molecule has 1 N–H and O–H groups in total. The minimum absolute atomic E-state index is 0.0398. The zero-order valence-corrected chi connectivity index (χ0v) is 16.2. The maximum atomic E-state index is 12.9. The summed E-state index contributed by atoms with van der Waals surface area (Å²) in [5.74, 6) is 0.577. The molecular weight excluding hydrogens is 399 g/mol. The second kappa shape index (κ2) is 7.85. The van der Waals surface area contributed by atoms with Crippen molar-refractivity contribution in [1.29, 1.82) is 0 Å². The maximum absolute atomic E-state index is 12.9. The zero-order chi connectivity index (χ0) is 21.3. The Balaban J connectivity index is 1.42. The third-order valence-corrected chi connectivity index (χ3v) is 5.24. The number of aromatic nitrogens is 3. The number of para-hydroxylation sites is 2. The van der Waals surface area contributed by atoms with Gasteiger partial charge in [-0.2, -0.15) is 13.2 Å². The van der Waals surface area contributed by atoms with Gasteiger partial charge in [0, 0.05) is 13.1 Å². The van der Waals surface area contributed by atoms with Gasteiger partial charge in [0.1, 0.15) is 11.3 Å². The molecule has 7 nitrogen and oxygen atoms in total. The van der Waals surface area contributed by atoms with E-state index >= 15 is 0 Å². The van der Waals surface area contributed by atoms with E-state index in [2.05, 4.69) is 15.6 Å². The Labute approximate surface area is 170 Å². The van der Waals surface area contributed by atoms with E-state index in [1.165, 1.54) is 13.2 Å². The third-order valence-electron chi connectivity index (χ3n) is 5.24. The van der Waals surface area contributed by atoms with Gasteiger partial charge in [-0.15, -0.1) is 5.10 Å². The van der Waals surface area contributed by atoms with Crippen molar-refractivity contribution in [1.82, 2.24) is 19.9 Å². The Morgan fingerprint density at radius 3 is 2.60 bits per heavy atom. The Morgan fingerprint density at radius 2 is 1.90 bits per heavy atom. The number of methoxy groups -OCH3 is 1. The molecule has 0 atom stereocenters. The number of hydrogen-bond donors (Lipinski definition) is 1. The minimum atomic E-state index is -4.42. The highest BCUT2D eigenvalue weighted by Crippen LogP contribution is 2.32. The summed E-state index contributed by atoms with van der Waals surface area (Å²) in [4.78, 5) is 14.3. The number of carbonyl (C=O) groups is 1. The van der Waals surface area contributed by atoms with Crippen LogP contribution in [0.25, 0.3) is 11.0 Å². The van der Waals surface area contributed by atoms with Crippen LogP contribution in [0.5, 0.6) is 5.75 Å². The minimum Gasteiger partial charge on any atom is -0.495 e. The van der Waals surface area contributed by atoms with E-state index in [-0.39, 0.29) is 17.6 Å². The van der Waals surface area contributed by atoms with E-state index in [0.29, 0.717) is 42.9 Å². The van der Waals surface area contributed by atoms with Crippen molar-refractivity contribution < 1.29 is 22.7 Å². The van der Waals surface area contributed by atoms with Gasteiger partial charge in [0.25, 0.3) is 0 Å². The van der Waals surface area contributed by atoms with Crippen LogP contribution < -0.4 is 10.1 Å². The molecule has 2 aromatic carbocycles. The van der Waals surface area contributed by atoms with Crippen molar-refractivity contribution in [2.75, 3.05) is 25.5 Å². The standard InChI is InChI=1S/C20H20F3N5O2/c1-30-18-5-3-2-4-15(18)24-19(29)27-10-8-14(9-11-27)28-17-7-6-13(20(21,22)23)12-16(17)25-26-28/h2-7,12,14H,8-11H2,1H3,(H,24,29). The summed E-state index contributed by atoms with van der Waals surface area (Å²) in [6, 6.07) is 10.3. The molecule has 0 radical (unpaired) electrons. The topological polar surface area (TPSA) is 72.3 Å². The number of hydrogen-bond acceptors (Lipinski definition) is 4. The lowest BCUT2D eigenvalue weighted by Crippen LogP contribution is -2.41. The number of benzene rings is 2. The first-order valence-electron chi connectivity index (χ1n) is 9.48. The predicted molar refractivity (Wildman–Crippen MR) is 104 cm³/mol. The van der Waals surface area contributed by atoms with Crippen molar-refractivity contribution in [2.24, 2.45) is 0 Å². The van der Waals surface area contributed by atoms with E-state index < -0.39 is 11.7 Å². The SMILES string of the molecule is COc1ccccc1NC(=O)N1CCC(n2nnc3cc(C(F)(F)F)ccc32)CC1. The van der Waals surface area contributed by atoms with Crippen LogP contribution in [0, 0.1) is 0 Å². The van der Waals surface area contributed by atoms with E-state index in [9.17, 15) is 18.0 Å². The molecule has 1 aromatic heterocycles. The molecule has 0 saturated carbocycles. The Morgan fingerprint density at radius 1 is 1.17 bits per heavy atom. The average Bonchev–Trinajstić information content (AvgIpc) is 3.17. The van der Waals surface area contributed by atoms with Gasteiger partial charge in [-0.3, -0.25) is 0 Å². The molecule has 30 heavy (non-hydrogen) atoms. The highest BCUT2D eigenvalue weighted by molar-refractivity contribution is 5.91. The molecule has 0 aliphatic carbocycles. The molecule has 4 rings (SSSR count). The van der Waals surface area contributed by atoms with Crippen molar-refractivity contribution in [3.05, 3.63) is 48.0 Å². The van der Waals surface area contributed by atoms with Crippen molar-refractivity contribution in [3.63, 3.8) is 0 Å². The first-order valence-corrected chi connectivity index (χ1v) is 9.48. The molecule has 1 aliphatic rings. The molecule has 0 unspecified atom stereocenters. The molecular formula is C20H20F3N5O2. The fourth-order valence-corrected chi connectivity index (χ4v) is 3.64. The van der Waals surface area contributed by atoms with Gasteiger partial charge in [-0.05, 0) is 43.2 Å². The highest BCUT2D eigenvalue weighted by Gasteiger charge is 2.32. The van der Waals surface area contributed by atoms with Gasteiger partial charge >= 0.3 is 12.2 Å². The lowest BCUT2D eigenvalue weighted by molar-refractivity contribution is -0.137. The van der Waals surface area contributed by atoms with Gasteiger partial charge in [0.05, 0.1) is 29.9 Å². The first-order chi connectivity index (χ1) is 14.4. The molecule has 0 spiro atoms. The van der Waals surface area contributed by atoms with Gasteiger partial charge in [-0.1, -0.05) is 17.3 Å². The zero-order valence-electron chi connectivity index (χ0n) is 16.2. The molecule has 10 heteroatoms. The van der Waals surface area contributed by atoms with E-state index in [1.54, 1.807) is 21.7 Å². The molecule has 1 saturated heterocycles. The number of nitrogens with zero attached hydrogens (tertiary/aromatic N) is 4. The lowest BCUT2D eigenvalue weighted by Gasteiger charge is -2.32. The number of piperidine rings is 1. The number of amides is 2. The molecule has 0 bridgehead atoms. The van der Waals surface area contributed by atoms with Gasteiger partial charge in [0.2, 0.25) is 0 Å². The Hall–Kier alpha value is -3.30. The normalized spacial score (nSPS) is 15.4. The van der Waals surface area contributed by atoms with Crippen molar-refractivity contribution in [2.45, 2.75) is 25.1 Å². The number of carbonyl (C=O) groups excluding carboxylic acids is 1. The Bertz CT molecular complexity index is 1060. The lowest BCUT2D eigenvalue weighted by atomic mass is 10.1. The van der Waals surface area contributed by atoms with Crippen LogP contribution in [0.4, 0.5) is 23.7 Å². The summed E-state index contributed by atoms with van der Waals surface area (Å²) in [7, 11) is 1.54. The molecule has 1 fully saturated rings. The number of nitrogens with one attached hydrogen (secondary N) is 1. The quantitative estimate of drug-likeness (QED) is 0.686. The second-order valence-corrected chi connectivity index (χ2v) is 7.08. The number of ether oxygens (including phenoxy) is 1. The van der Waals surface area contributed by atoms with Crippen LogP contribution >= 0.6 is 0 Å². The molecule has 2 heterocycles. The molecule has 158 valence electrons. The van der Waals surface area contributed by atoms with Crippen LogP contribution in [0.2, 0.25) is 0 Å². The van der Waals surface area contributed by atoms with Gasteiger partial charge < -0.3 is 15.0 Å². The number of halogens is 3. The van der Waals surface area contributed by atoms with E-state index in [4.69, 9.17) is 4.74 Å². The Kier molecular flexibility index (Phi) is 5.23. The largest absolute Gasteiger partial charge is 0.495 e. The maximum Gasteiger partial charge on any atom is 0.416 e. The van der Waals surface area contributed by atoms with Crippen LogP contribution in [-0.4, -0.2) is 46.1 Å². The number of alkyl halides is 3. The smallest absolute Gasteiger partial charge is 0.416 e. The van der Waals surface area contributed by atoms with E-state index in [1.807, 2.05) is 12.1 Å². The fraction of sp³-hybridized carbons (Fsp3) is 0.350. The summed E-state index contributed by atoms with van der Waals surface area (Å²) < 4.78 is 45.6. The summed E-state index contributed by atoms with van der Waals surface area (Å²) in [6.07, 6.45) is -3.17. The summed E-state index contributed by atoms with van der Waals surface area (Å²) in [6.45, 7) is 0.987. The number of fused-ring (bicyclic) bond motifs is 1. The number of rotatable bonds is 3. The monoisotopic (exact) mass is 419 g/mol.